The van der Waals surface area contributed by atoms with E-state index in [9.17, 15) is 0 Å². The Morgan fingerprint density at radius 2 is 2.38 bits per heavy atom. The van der Waals surface area contributed by atoms with Gasteiger partial charge in [-0.1, -0.05) is 15.9 Å². The van der Waals surface area contributed by atoms with Crippen LogP contribution >= 0.6 is 15.9 Å². The molecule has 1 saturated carbocycles. The van der Waals surface area contributed by atoms with Crippen LogP contribution in [0.4, 0.5) is 5.95 Å². The van der Waals surface area contributed by atoms with Crippen molar-refractivity contribution in [1.82, 2.24) is 9.97 Å². The molecule has 0 bridgehead atoms. The third-order valence-corrected chi connectivity index (χ3v) is 2.83. The van der Waals surface area contributed by atoms with Gasteiger partial charge in [-0.3, -0.25) is 0 Å². The molecule has 0 amide bonds. The van der Waals surface area contributed by atoms with E-state index < -0.39 is 0 Å². The number of aromatic nitrogens is 2. The number of ether oxygens (including phenoxy) is 1. The monoisotopic (exact) mass is 285 g/mol. The zero-order valence-corrected chi connectivity index (χ0v) is 11.0. The molecular formula is C11H16BrN3O. The maximum absolute atomic E-state index is 5.39. The fraction of sp³-hybridized carbons (Fsp3) is 0.636. The van der Waals surface area contributed by atoms with Crippen molar-refractivity contribution in [2.24, 2.45) is 0 Å². The molecule has 4 nitrogen and oxygen atoms in total. The first-order chi connectivity index (χ1) is 7.85. The highest BCUT2D eigenvalue weighted by molar-refractivity contribution is 9.09. The van der Waals surface area contributed by atoms with Gasteiger partial charge < -0.3 is 9.64 Å². The average molecular weight is 286 g/mol. The molecule has 0 saturated heterocycles. The van der Waals surface area contributed by atoms with Gasteiger partial charge in [-0.25, -0.2) is 4.98 Å². The van der Waals surface area contributed by atoms with Gasteiger partial charge in [0.1, 0.15) is 0 Å². The first-order valence-corrected chi connectivity index (χ1v) is 6.75. The predicted molar refractivity (Wildman–Crippen MR) is 67.4 cm³/mol. The summed E-state index contributed by atoms with van der Waals surface area (Å²) in [6, 6.07) is 2.42. The van der Waals surface area contributed by atoms with Crippen molar-refractivity contribution < 1.29 is 4.74 Å². The first kappa shape index (κ1) is 11.6. The van der Waals surface area contributed by atoms with Crippen molar-refractivity contribution in [3.8, 4) is 5.88 Å². The maximum atomic E-state index is 5.39. The summed E-state index contributed by atoms with van der Waals surface area (Å²) in [5, 5.41) is 0.936. The van der Waals surface area contributed by atoms with Gasteiger partial charge in [-0.15, -0.1) is 0 Å². The molecule has 2 rings (SSSR count). The van der Waals surface area contributed by atoms with Crippen LogP contribution in [0.15, 0.2) is 12.3 Å². The van der Waals surface area contributed by atoms with Crippen molar-refractivity contribution >= 4 is 21.9 Å². The largest absolute Gasteiger partial charge is 0.478 e. The summed E-state index contributed by atoms with van der Waals surface area (Å²) in [6.45, 7) is 3.54. The third-order valence-electron chi connectivity index (χ3n) is 2.48. The summed E-state index contributed by atoms with van der Waals surface area (Å²) in [5.74, 6) is 1.45. The van der Waals surface area contributed by atoms with Crippen molar-refractivity contribution in [1.29, 1.82) is 0 Å². The Hall–Kier alpha value is -0.840. The second-order valence-electron chi connectivity index (χ2n) is 3.74. The van der Waals surface area contributed by atoms with Gasteiger partial charge >= 0.3 is 0 Å². The Morgan fingerprint density at radius 1 is 1.56 bits per heavy atom. The SMILES string of the molecule is CCOc1ccnc(N(CCBr)C2CC2)n1. The van der Waals surface area contributed by atoms with Gasteiger partial charge in [-0.2, -0.15) is 4.98 Å². The highest BCUT2D eigenvalue weighted by Gasteiger charge is 2.30. The molecule has 0 atom stereocenters. The molecular weight excluding hydrogens is 270 g/mol. The van der Waals surface area contributed by atoms with Crippen molar-refractivity contribution in [3.63, 3.8) is 0 Å². The van der Waals surface area contributed by atoms with Crippen LogP contribution in [0.3, 0.4) is 0 Å². The van der Waals surface area contributed by atoms with Crippen LogP contribution in [-0.4, -0.2) is 34.5 Å². The zero-order valence-electron chi connectivity index (χ0n) is 9.40. The first-order valence-electron chi connectivity index (χ1n) is 5.63. The maximum Gasteiger partial charge on any atom is 0.228 e. The van der Waals surface area contributed by atoms with E-state index in [2.05, 4.69) is 30.8 Å². The van der Waals surface area contributed by atoms with Gasteiger partial charge in [0.25, 0.3) is 0 Å². The van der Waals surface area contributed by atoms with Crippen LogP contribution in [-0.2, 0) is 0 Å². The average Bonchev–Trinajstić information content (AvgIpc) is 3.11. The van der Waals surface area contributed by atoms with Gasteiger partial charge in [0, 0.05) is 30.2 Å². The summed E-state index contributed by atoms with van der Waals surface area (Å²) in [5.41, 5.74) is 0. The lowest BCUT2D eigenvalue weighted by molar-refractivity contribution is 0.326. The van der Waals surface area contributed by atoms with E-state index >= 15 is 0 Å². The van der Waals surface area contributed by atoms with Gasteiger partial charge in [-0.05, 0) is 19.8 Å². The number of hydrogen-bond donors (Lipinski definition) is 0. The zero-order chi connectivity index (χ0) is 11.4. The lowest BCUT2D eigenvalue weighted by Crippen LogP contribution is -2.29. The molecule has 1 aromatic heterocycles. The van der Waals surface area contributed by atoms with Crippen LogP contribution in [0, 0.1) is 0 Å². The quantitative estimate of drug-likeness (QED) is 0.752. The smallest absolute Gasteiger partial charge is 0.228 e. The number of hydrogen-bond acceptors (Lipinski definition) is 4. The molecule has 0 aliphatic heterocycles. The Kier molecular flexibility index (Phi) is 3.98. The van der Waals surface area contributed by atoms with Crippen molar-refractivity contribution in [2.45, 2.75) is 25.8 Å². The molecule has 5 heteroatoms. The fourth-order valence-electron chi connectivity index (χ4n) is 1.62. The molecule has 1 heterocycles. The molecule has 1 aliphatic carbocycles. The summed E-state index contributed by atoms with van der Waals surface area (Å²) in [6.07, 6.45) is 4.25. The van der Waals surface area contributed by atoms with Crippen LogP contribution in [0.5, 0.6) is 5.88 Å². The van der Waals surface area contributed by atoms with E-state index in [0.717, 1.165) is 17.8 Å². The Balaban J connectivity index is 2.12. The Labute approximate surface area is 104 Å². The molecule has 1 fully saturated rings. The highest BCUT2D eigenvalue weighted by Crippen LogP contribution is 2.30. The van der Waals surface area contributed by atoms with E-state index in [4.69, 9.17) is 4.74 Å². The molecule has 0 N–H and O–H groups in total. The molecule has 0 unspecified atom stereocenters. The van der Waals surface area contributed by atoms with Crippen LogP contribution < -0.4 is 9.64 Å². The van der Waals surface area contributed by atoms with Crippen molar-refractivity contribution in [3.05, 3.63) is 12.3 Å². The minimum Gasteiger partial charge on any atom is -0.478 e. The van der Waals surface area contributed by atoms with Gasteiger partial charge in [0.05, 0.1) is 6.61 Å². The predicted octanol–water partition coefficient (Wildman–Crippen LogP) is 2.24. The van der Waals surface area contributed by atoms with E-state index in [0.29, 0.717) is 18.5 Å². The van der Waals surface area contributed by atoms with E-state index in [1.165, 1.54) is 12.8 Å². The second kappa shape index (κ2) is 5.48. The Bertz CT molecular complexity index is 344. The van der Waals surface area contributed by atoms with Gasteiger partial charge in [0.2, 0.25) is 11.8 Å². The van der Waals surface area contributed by atoms with Crippen LogP contribution in [0.25, 0.3) is 0 Å². The van der Waals surface area contributed by atoms with Crippen molar-refractivity contribution in [2.75, 3.05) is 23.4 Å². The summed E-state index contributed by atoms with van der Waals surface area (Å²) in [7, 11) is 0. The molecule has 88 valence electrons. The lowest BCUT2D eigenvalue weighted by Gasteiger charge is -2.21. The number of nitrogens with zero attached hydrogens (tertiary/aromatic N) is 3. The highest BCUT2D eigenvalue weighted by atomic mass is 79.9. The minimum atomic E-state index is 0.620. The van der Waals surface area contributed by atoms with E-state index in [-0.39, 0.29) is 0 Å². The normalized spacial score (nSPS) is 14.9. The topological polar surface area (TPSA) is 38.2 Å². The molecule has 1 aromatic rings. The molecule has 1 aliphatic rings. The molecule has 0 spiro atoms. The standard InChI is InChI=1S/C11H16BrN3O/c1-2-16-10-5-7-13-11(14-10)15(8-6-12)9-3-4-9/h5,7,9H,2-4,6,8H2,1H3. The fourth-order valence-corrected chi connectivity index (χ4v) is 2.00. The summed E-state index contributed by atoms with van der Waals surface area (Å²) in [4.78, 5) is 11.0. The summed E-state index contributed by atoms with van der Waals surface area (Å²) >= 11 is 3.46. The second-order valence-corrected chi connectivity index (χ2v) is 4.53. The third kappa shape index (κ3) is 2.84. The molecule has 0 aromatic carbocycles. The number of alkyl halides is 1. The van der Waals surface area contributed by atoms with Crippen LogP contribution in [0.1, 0.15) is 19.8 Å². The van der Waals surface area contributed by atoms with E-state index in [1.807, 2.05) is 6.92 Å². The van der Waals surface area contributed by atoms with Crippen LogP contribution in [0.2, 0.25) is 0 Å². The Morgan fingerprint density at radius 3 is 3.00 bits per heavy atom. The number of anilines is 1. The summed E-state index contributed by atoms with van der Waals surface area (Å²) < 4.78 is 5.39. The minimum absolute atomic E-state index is 0.620. The van der Waals surface area contributed by atoms with E-state index in [1.54, 1.807) is 12.3 Å². The number of halogens is 1. The number of rotatable bonds is 6. The van der Waals surface area contributed by atoms with Gasteiger partial charge in [0.15, 0.2) is 0 Å². The molecule has 16 heavy (non-hydrogen) atoms. The lowest BCUT2D eigenvalue weighted by atomic mass is 10.5. The molecule has 0 radical (unpaired) electrons.